The van der Waals surface area contributed by atoms with E-state index in [1.165, 1.54) is 16.9 Å². The molecule has 0 amide bonds. The lowest BCUT2D eigenvalue weighted by atomic mass is 10.0. The number of imidazole rings is 2. The van der Waals surface area contributed by atoms with Crippen LogP contribution in [0, 0.1) is 13.8 Å². The molecule has 3 heterocycles. The standard InChI is InChI=1S/C26H29N5O/c1-18-6-8-21(9-7-18)20(3)30-12-5-13-31-25(30)15-27-26(31)22-10-11-23(24(14-22)32-4)29-16-19(2)28-17-29/h6-11,14-17,20H,5,12-13H2,1-4H3. The van der Waals surface area contributed by atoms with E-state index in [0.29, 0.717) is 6.04 Å². The Bertz CT molecular complexity index is 1240. The van der Waals surface area contributed by atoms with Crippen molar-refractivity contribution in [2.24, 2.45) is 0 Å². The first-order valence-electron chi connectivity index (χ1n) is 11.1. The molecule has 164 valence electrons. The maximum atomic E-state index is 5.72. The minimum absolute atomic E-state index is 0.292. The molecule has 32 heavy (non-hydrogen) atoms. The molecule has 0 saturated heterocycles. The number of aromatic nitrogens is 4. The van der Waals surface area contributed by atoms with Gasteiger partial charge in [0.1, 0.15) is 17.4 Å². The maximum Gasteiger partial charge on any atom is 0.143 e. The van der Waals surface area contributed by atoms with Gasteiger partial charge in [-0.25, -0.2) is 9.97 Å². The highest BCUT2D eigenvalue weighted by molar-refractivity contribution is 5.66. The molecule has 0 radical (unpaired) electrons. The number of anilines is 1. The zero-order chi connectivity index (χ0) is 22.2. The van der Waals surface area contributed by atoms with Crippen LogP contribution < -0.4 is 9.64 Å². The molecule has 0 saturated carbocycles. The minimum atomic E-state index is 0.292. The molecule has 6 heteroatoms. The van der Waals surface area contributed by atoms with Crippen LogP contribution >= 0.6 is 0 Å². The molecule has 2 aromatic heterocycles. The summed E-state index contributed by atoms with van der Waals surface area (Å²) in [7, 11) is 1.71. The molecule has 2 aromatic carbocycles. The summed E-state index contributed by atoms with van der Waals surface area (Å²) in [5, 5.41) is 0. The van der Waals surface area contributed by atoms with Gasteiger partial charge < -0.3 is 18.8 Å². The Morgan fingerprint density at radius 2 is 1.81 bits per heavy atom. The summed E-state index contributed by atoms with van der Waals surface area (Å²) in [4.78, 5) is 11.6. The Morgan fingerprint density at radius 1 is 1.00 bits per heavy atom. The van der Waals surface area contributed by atoms with Gasteiger partial charge in [-0.15, -0.1) is 0 Å². The topological polar surface area (TPSA) is 48.1 Å². The van der Waals surface area contributed by atoms with Gasteiger partial charge in [0.05, 0.1) is 37.1 Å². The first kappa shape index (κ1) is 20.4. The Hall–Kier alpha value is -3.54. The summed E-state index contributed by atoms with van der Waals surface area (Å²) in [5.41, 5.74) is 5.61. The van der Waals surface area contributed by atoms with Crippen LogP contribution in [0.2, 0.25) is 0 Å². The SMILES string of the molecule is COc1cc(-c2ncc3n2CCCN3C(C)c2ccc(C)cc2)ccc1-n1cnc(C)c1. The van der Waals surface area contributed by atoms with Crippen molar-refractivity contribution < 1.29 is 4.74 Å². The first-order chi connectivity index (χ1) is 15.5. The summed E-state index contributed by atoms with van der Waals surface area (Å²) >= 11 is 0. The van der Waals surface area contributed by atoms with E-state index in [1.807, 2.05) is 30.2 Å². The summed E-state index contributed by atoms with van der Waals surface area (Å²) in [6.45, 7) is 8.38. The molecule has 1 atom stereocenters. The fourth-order valence-corrected chi connectivity index (χ4v) is 4.56. The van der Waals surface area contributed by atoms with Crippen molar-refractivity contribution in [3.63, 3.8) is 0 Å². The van der Waals surface area contributed by atoms with Crippen LogP contribution in [0.1, 0.15) is 36.2 Å². The van der Waals surface area contributed by atoms with E-state index in [9.17, 15) is 0 Å². The van der Waals surface area contributed by atoms with Crippen LogP contribution in [0.5, 0.6) is 5.75 Å². The van der Waals surface area contributed by atoms with Crippen LogP contribution in [0.15, 0.2) is 61.2 Å². The minimum Gasteiger partial charge on any atom is -0.495 e. The van der Waals surface area contributed by atoms with Crippen molar-refractivity contribution in [1.29, 1.82) is 0 Å². The molecular weight excluding hydrogens is 398 g/mol. The highest BCUT2D eigenvalue weighted by atomic mass is 16.5. The first-order valence-corrected chi connectivity index (χ1v) is 11.1. The number of hydrogen-bond donors (Lipinski definition) is 0. The molecule has 1 aliphatic heterocycles. The molecule has 0 aliphatic carbocycles. The molecule has 1 aliphatic rings. The van der Waals surface area contributed by atoms with Gasteiger partial charge in [0.15, 0.2) is 0 Å². The number of hydrogen-bond acceptors (Lipinski definition) is 4. The van der Waals surface area contributed by atoms with E-state index in [-0.39, 0.29) is 0 Å². The van der Waals surface area contributed by atoms with E-state index >= 15 is 0 Å². The summed E-state index contributed by atoms with van der Waals surface area (Å²) in [6.07, 6.45) is 6.92. The second-order valence-electron chi connectivity index (χ2n) is 8.53. The summed E-state index contributed by atoms with van der Waals surface area (Å²) < 4.78 is 10.0. The lowest BCUT2D eigenvalue weighted by Crippen LogP contribution is -2.34. The predicted octanol–water partition coefficient (Wildman–Crippen LogP) is 5.33. The molecule has 1 unspecified atom stereocenters. The number of fused-ring (bicyclic) bond motifs is 1. The number of aryl methyl sites for hydroxylation is 2. The van der Waals surface area contributed by atoms with Gasteiger partial charge in [0, 0.05) is 24.8 Å². The van der Waals surface area contributed by atoms with Crippen molar-refractivity contribution in [3.8, 4) is 22.8 Å². The fourth-order valence-electron chi connectivity index (χ4n) is 4.56. The lowest BCUT2D eigenvalue weighted by molar-refractivity contribution is 0.413. The number of nitrogens with zero attached hydrogens (tertiary/aromatic N) is 5. The average molecular weight is 428 g/mol. The average Bonchev–Trinajstić information content (AvgIpc) is 3.45. The summed E-state index contributed by atoms with van der Waals surface area (Å²) in [6, 6.07) is 15.4. The van der Waals surface area contributed by atoms with E-state index in [1.54, 1.807) is 7.11 Å². The molecule has 0 spiro atoms. The van der Waals surface area contributed by atoms with Gasteiger partial charge in [-0.3, -0.25) is 0 Å². The molecule has 0 bridgehead atoms. The van der Waals surface area contributed by atoms with Crippen LogP contribution in [0.25, 0.3) is 17.1 Å². The van der Waals surface area contributed by atoms with Gasteiger partial charge in [-0.2, -0.15) is 0 Å². The molecule has 4 aromatic rings. The van der Waals surface area contributed by atoms with Crippen LogP contribution in [-0.2, 0) is 6.54 Å². The normalized spacial score (nSPS) is 14.3. The number of rotatable bonds is 5. The van der Waals surface area contributed by atoms with Crippen LogP contribution in [0.4, 0.5) is 5.82 Å². The third-order valence-electron chi connectivity index (χ3n) is 6.36. The molecule has 5 rings (SSSR count). The quantitative estimate of drug-likeness (QED) is 0.432. The highest BCUT2D eigenvalue weighted by Crippen LogP contribution is 2.36. The molecular formula is C26H29N5O. The van der Waals surface area contributed by atoms with Crippen molar-refractivity contribution in [2.75, 3.05) is 18.6 Å². The third kappa shape index (κ3) is 3.55. The second-order valence-corrected chi connectivity index (χ2v) is 8.53. The van der Waals surface area contributed by atoms with Gasteiger partial charge in [-0.1, -0.05) is 29.8 Å². The van der Waals surface area contributed by atoms with E-state index in [2.05, 4.69) is 70.8 Å². The monoisotopic (exact) mass is 427 g/mol. The van der Waals surface area contributed by atoms with Gasteiger partial charge >= 0.3 is 0 Å². The fraction of sp³-hybridized carbons (Fsp3) is 0.308. The van der Waals surface area contributed by atoms with Crippen LogP contribution in [0.3, 0.4) is 0 Å². The van der Waals surface area contributed by atoms with E-state index < -0.39 is 0 Å². The smallest absolute Gasteiger partial charge is 0.143 e. The van der Waals surface area contributed by atoms with E-state index in [0.717, 1.165) is 48.0 Å². The highest BCUT2D eigenvalue weighted by Gasteiger charge is 2.26. The number of methoxy groups -OCH3 is 1. The van der Waals surface area contributed by atoms with Crippen molar-refractivity contribution >= 4 is 5.82 Å². The van der Waals surface area contributed by atoms with Gasteiger partial charge in [0.25, 0.3) is 0 Å². The Balaban J connectivity index is 1.49. The predicted molar refractivity (Wildman–Crippen MR) is 128 cm³/mol. The van der Waals surface area contributed by atoms with E-state index in [4.69, 9.17) is 9.72 Å². The second kappa shape index (κ2) is 8.19. The lowest BCUT2D eigenvalue weighted by Gasteiger charge is -2.35. The Kier molecular flexibility index (Phi) is 5.21. The number of benzene rings is 2. The van der Waals surface area contributed by atoms with Gasteiger partial charge in [-0.05, 0) is 51.0 Å². The Labute approximate surface area is 189 Å². The maximum absolute atomic E-state index is 5.72. The van der Waals surface area contributed by atoms with Crippen LogP contribution in [-0.4, -0.2) is 32.8 Å². The van der Waals surface area contributed by atoms with Crippen molar-refractivity contribution in [3.05, 3.63) is 78.0 Å². The van der Waals surface area contributed by atoms with Crippen molar-refractivity contribution in [2.45, 2.75) is 39.8 Å². The van der Waals surface area contributed by atoms with Gasteiger partial charge in [0.2, 0.25) is 0 Å². The molecule has 6 nitrogen and oxygen atoms in total. The number of ether oxygens (including phenoxy) is 1. The zero-order valence-electron chi connectivity index (χ0n) is 19.1. The molecule has 0 N–H and O–H groups in total. The van der Waals surface area contributed by atoms with Crippen molar-refractivity contribution in [1.82, 2.24) is 19.1 Å². The molecule has 0 fully saturated rings. The zero-order valence-corrected chi connectivity index (χ0v) is 19.1. The Morgan fingerprint density at radius 3 is 2.53 bits per heavy atom. The third-order valence-corrected chi connectivity index (χ3v) is 6.36. The summed E-state index contributed by atoms with van der Waals surface area (Å²) in [5.74, 6) is 2.96. The largest absolute Gasteiger partial charge is 0.495 e.